The van der Waals surface area contributed by atoms with Crippen molar-refractivity contribution in [1.29, 1.82) is 0 Å². The fourth-order valence-electron chi connectivity index (χ4n) is 3.47. The van der Waals surface area contributed by atoms with Crippen LogP contribution in [0.25, 0.3) is 6.08 Å². The Balaban J connectivity index is 1.55. The highest BCUT2D eigenvalue weighted by molar-refractivity contribution is 5.92. The average Bonchev–Trinajstić information content (AvgIpc) is 3.41. The zero-order chi connectivity index (χ0) is 17.3. The number of hydrogen-bond acceptors (Lipinski definition) is 4. The summed E-state index contributed by atoms with van der Waals surface area (Å²) in [6.45, 7) is 7.98. The molecule has 0 spiro atoms. The van der Waals surface area contributed by atoms with E-state index >= 15 is 0 Å². The molecule has 3 rings (SSSR count). The lowest BCUT2D eigenvalue weighted by Crippen LogP contribution is -2.56. The third-order valence-electron chi connectivity index (χ3n) is 5.40. The van der Waals surface area contributed by atoms with Gasteiger partial charge in [-0.05, 0) is 56.4 Å². The summed E-state index contributed by atoms with van der Waals surface area (Å²) in [6, 6.07) is 4.52. The van der Waals surface area contributed by atoms with E-state index in [1.165, 1.54) is 31.1 Å². The molecule has 0 atom stereocenters. The van der Waals surface area contributed by atoms with Crippen molar-refractivity contribution in [3.05, 3.63) is 29.8 Å². The highest BCUT2D eigenvalue weighted by Gasteiger charge is 2.42. The maximum absolute atomic E-state index is 12.3. The summed E-state index contributed by atoms with van der Waals surface area (Å²) in [5.41, 5.74) is 0.932. The van der Waals surface area contributed by atoms with Gasteiger partial charge in [-0.1, -0.05) is 6.07 Å². The van der Waals surface area contributed by atoms with E-state index in [0.717, 1.165) is 32.1 Å². The van der Waals surface area contributed by atoms with Crippen LogP contribution in [0.2, 0.25) is 0 Å². The highest BCUT2D eigenvalue weighted by atomic mass is 16.3. The van der Waals surface area contributed by atoms with Gasteiger partial charge in [0, 0.05) is 37.8 Å². The molecule has 1 aromatic carbocycles. The minimum atomic E-state index is -0.180. The van der Waals surface area contributed by atoms with Gasteiger partial charge in [0.05, 0.1) is 0 Å². The van der Waals surface area contributed by atoms with E-state index in [4.69, 9.17) is 0 Å². The van der Waals surface area contributed by atoms with Crippen molar-refractivity contribution in [2.45, 2.75) is 32.2 Å². The van der Waals surface area contributed by atoms with Gasteiger partial charge in [-0.15, -0.1) is 0 Å². The molecule has 5 nitrogen and oxygen atoms in total. The lowest BCUT2D eigenvalue weighted by atomic mass is 9.95. The quantitative estimate of drug-likeness (QED) is 0.657. The van der Waals surface area contributed by atoms with Gasteiger partial charge in [-0.25, -0.2) is 0 Å². The SMILES string of the molecule is CC(C)(C1CC1)N1CCN(C(=O)/C=C/c2ccc(O)c(O)c2)CC1. The second kappa shape index (κ2) is 6.48. The van der Waals surface area contributed by atoms with Crippen molar-refractivity contribution in [1.82, 2.24) is 9.80 Å². The number of hydrogen-bond donors (Lipinski definition) is 2. The number of aromatic hydroxyl groups is 2. The van der Waals surface area contributed by atoms with Crippen LogP contribution in [-0.4, -0.2) is 57.6 Å². The van der Waals surface area contributed by atoms with E-state index in [-0.39, 0.29) is 22.9 Å². The zero-order valence-electron chi connectivity index (χ0n) is 14.4. The summed E-state index contributed by atoms with van der Waals surface area (Å²) < 4.78 is 0. The number of rotatable bonds is 4. The van der Waals surface area contributed by atoms with Gasteiger partial charge in [-0.2, -0.15) is 0 Å². The van der Waals surface area contributed by atoms with E-state index in [0.29, 0.717) is 5.56 Å². The zero-order valence-corrected chi connectivity index (χ0v) is 14.4. The Bertz CT molecular complexity index is 642. The molecule has 1 saturated heterocycles. The first-order valence-electron chi connectivity index (χ1n) is 8.62. The molecule has 0 bridgehead atoms. The average molecular weight is 330 g/mol. The molecule has 130 valence electrons. The molecule has 1 saturated carbocycles. The fraction of sp³-hybridized carbons (Fsp3) is 0.526. The maximum atomic E-state index is 12.3. The first-order valence-corrected chi connectivity index (χ1v) is 8.62. The van der Waals surface area contributed by atoms with Gasteiger partial charge < -0.3 is 15.1 Å². The topological polar surface area (TPSA) is 64.0 Å². The lowest BCUT2D eigenvalue weighted by molar-refractivity contribution is -0.128. The number of carbonyl (C=O) groups is 1. The second-order valence-electron chi connectivity index (χ2n) is 7.32. The van der Waals surface area contributed by atoms with Crippen LogP contribution in [0.15, 0.2) is 24.3 Å². The number of benzene rings is 1. The monoisotopic (exact) mass is 330 g/mol. The van der Waals surface area contributed by atoms with E-state index < -0.39 is 0 Å². The lowest BCUT2D eigenvalue weighted by Gasteiger charge is -2.44. The predicted molar refractivity (Wildman–Crippen MR) is 93.8 cm³/mol. The Morgan fingerprint density at radius 1 is 1.12 bits per heavy atom. The minimum absolute atomic E-state index is 0.00792. The van der Waals surface area contributed by atoms with Crippen molar-refractivity contribution < 1.29 is 15.0 Å². The van der Waals surface area contributed by atoms with Gasteiger partial charge in [-0.3, -0.25) is 9.69 Å². The second-order valence-corrected chi connectivity index (χ2v) is 7.32. The van der Waals surface area contributed by atoms with Gasteiger partial charge in [0.1, 0.15) is 0 Å². The first kappa shape index (κ1) is 16.8. The van der Waals surface area contributed by atoms with Crippen LogP contribution < -0.4 is 0 Å². The molecular weight excluding hydrogens is 304 g/mol. The predicted octanol–water partition coefficient (Wildman–Crippen LogP) is 2.44. The molecule has 0 radical (unpaired) electrons. The number of carbonyl (C=O) groups excluding carboxylic acids is 1. The number of phenols is 2. The number of amides is 1. The summed E-state index contributed by atoms with van der Waals surface area (Å²) in [4.78, 5) is 16.7. The van der Waals surface area contributed by atoms with Gasteiger partial charge >= 0.3 is 0 Å². The van der Waals surface area contributed by atoms with Crippen molar-refractivity contribution in [3.63, 3.8) is 0 Å². The molecule has 1 aliphatic heterocycles. The summed E-state index contributed by atoms with van der Waals surface area (Å²) in [6.07, 6.45) is 5.86. The highest BCUT2D eigenvalue weighted by Crippen LogP contribution is 2.42. The van der Waals surface area contributed by atoms with Crippen LogP contribution >= 0.6 is 0 Å². The molecule has 2 N–H and O–H groups in total. The smallest absolute Gasteiger partial charge is 0.246 e. The first-order chi connectivity index (χ1) is 11.4. The maximum Gasteiger partial charge on any atom is 0.246 e. The van der Waals surface area contributed by atoms with Crippen molar-refractivity contribution in [3.8, 4) is 11.5 Å². The van der Waals surface area contributed by atoms with Crippen LogP contribution in [0.4, 0.5) is 0 Å². The Kier molecular flexibility index (Phi) is 4.54. The molecule has 0 unspecified atom stereocenters. The molecule has 24 heavy (non-hydrogen) atoms. The molecule has 2 aliphatic rings. The molecule has 1 amide bonds. The van der Waals surface area contributed by atoms with Crippen LogP contribution in [0.1, 0.15) is 32.3 Å². The third-order valence-corrected chi connectivity index (χ3v) is 5.40. The van der Waals surface area contributed by atoms with Gasteiger partial charge in [0.25, 0.3) is 0 Å². The standard InChI is InChI=1S/C19H26N2O3/c1-19(2,15-5-6-15)21-11-9-20(10-12-21)18(24)8-4-14-3-7-16(22)17(23)13-14/h3-4,7-8,13,15,22-23H,5-6,9-12H2,1-2H3/b8-4+. The number of piperazine rings is 1. The van der Waals surface area contributed by atoms with E-state index in [9.17, 15) is 15.0 Å². The van der Waals surface area contributed by atoms with Crippen LogP contribution in [0, 0.1) is 5.92 Å². The Hall–Kier alpha value is -2.01. The van der Waals surface area contributed by atoms with E-state index in [1.807, 2.05) is 4.90 Å². The van der Waals surface area contributed by atoms with E-state index in [1.54, 1.807) is 12.1 Å². The van der Waals surface area contributed by atoms with Crippen LogP contribution in [0.3, 0.4) is 0 Å². The molecule has 1 aromatic rings. The molecular formula is C19H26N2O3. The summed E-state index contributed by atoms with van der Waals surface area (Å²) in [5, 5.41) is 18.8. The van der Waals surface area contributed by atoms with Gasteiger partial charge in [0.15, 0.2) is 11.5 Å². The molecule has 1 heterocycles. The number of nitrogens with zero attached hydrogens (tertiary/aromatic N) is 2. The van der Waals surface area contributed by atoms with Crippen LogP contribution in [-0.2, 0) is 4.79 Å². The summed E-state index contributed by atoms with van der Waals surface area (Å²) in [7, 11) is 0. The molecule has 2 fully saturated rings. The molecule has 0 aromatic heterocycles. The molecule has 5 heteroatoms. The minimum Gasteiger partial charge on any atom is -0.504 e. The third kappa shape index (κ3) is 3.56. The summed E-state index contributed by atoms with van der Waals surface area (Å²) >= 11 is 0. The Morgan fingerprint density at radius 3 is 2.38 bits per heavy atom. The van der Waals surface area contributed by atoms with Crippen LogP contribution in [0.5, 0.6) is 11.5 Å². The Morgan fingerprint density at radius 2 is 1.79 bits per heavy atom. The van der Waals surface area contributed by atoms with Crippen molar-refractivity contribution in [2.75, 3.05) is 26.2 Å². The van der Waals surface area contributed by atoms with Gasteiger partial charge in [0.2, 0.25) is 5.91 Å². The number of phenolic OH excluding ortho intramolecular Hbond substituents is 2. The van der Waals surface area contributed by atoms with Crippen molar-refractivity contribution >= 4 is 12.0 Å². The largest absolute Gasteiger partial charge is 0.504 e. The fourth-order valence-corrected chi connectivity index (χ4v) is 3.47. The van der Waals surface area contributed by atoms with E-state index in [2.05, 4.69) is 18.7 Å². The van der Waals surface area contributed by atoms with Crippen molar-refractivity contribution in [2.24, 2.45) is 5.92 Å². The normalized spacial score (nSPS) is 19.8. The molecule has 1 aliphatic carbocycles. The Labute approximate surface area is 143 Å². The summed E-state index contributed by atoms with van der Waals surface area (Å²) in [5.74, 6) is 0.460.